The van der Waals surface area contributed by atoms with Crippen LogP contribution in [0.5, 0.6) is 11.5 Å². The molecule has 0 spiro atoms. The van der Waals surface area contributed by atoms with E-state index < -0.39 is 0 Å². The van der Waals surface area contributed by atoms with Crippen LogP contribution in [0.25, 0.3) is 10.2 Å². The Morgan fingerprint density at radius 1 is 1.09 bits per heavy atom. The van der Waals surface area contributed by atoms with Gasteiger partial charge < -0.3 is 14.2 Å². The number of benzene rings is 2. The van der Waals surface area contributed by atoms with Gasteiger partial charge in [-0.15, -0.1) is 0 Å². The molecule has 1 amide bonds. The second kappa shape index (κ2) is 11.6. The first-order valence-electron chi connectivity index (χ1n) is 11.9. The minimum atomic E-state index is -0.0932. The number of rotatable bonds is 10. The molecule has 7 nitrogen and oxygen atoms in total. The Balaban J connectivity index is 1.46. The number of carbonyl (C=O) groups is 1. The molecule has 1 aromatic heterocycles. The van der Waals surface area contributed by atoms with E-state index in [-0.39, 0.29) is 12.5 Å². The van der Waals surface area contributed by atoms with Crippen LogP contribution in [0.4, 0.5) is 5.13 Å². The van der Waals surface area contributed by atoms with E-state index in [0.29, 0.717) is 18.9 Å². The summed E-state index contributed by atoms with van der Waals surface area (Å²) in [5, 5.41) is 0.728. The molecule has 1 aliphatic rings. The molecule has 0 N–H and O–H groups in total. The van der Waals surface area contributed by atoms with Gasteiger partial charge in [-0.3, -0.25) is 14.6 Å². The van der Waals surface area contributed by atoms with Crippen molar-refractivity contribution in [3.05, 3.63) is 47.5 Å². The minimum absolute atomic E-state index is 0.0422. The zero-order valence-corrected chi connectivity index (χ0v) is 21.0. The summed E-state index contributed by atoms with van der Waals surface area (Å²) in [6.45, 7) is 11.6. The van der Waals surface area contributed by atoms with Gasteiger partial charge in [-0.25, -0.2) is 4.98 Å². The number of aromatic nitrogens is 1. The summed E-state index contributed by atoms with van der Waals surface area (Å²) < 4.78 is 17.8. The Hall–Kier alpha value is -2.68. The highest BCUT2D eigenvalue weighted by Crippen LogP contribution is 2.32. The zero-order chi connectivity index (χ0) is 23.9. The summed E-state index contributed by atoms with van der Waals surface area (Å²) in [6.07, 6.45) is 0.864. The molecular weight excluding hydrogens is 450 g/mol. The highest BCUT2D eigenvalue weighted by atomic mass is 32.1. The predicted molar refractivity (Wildman–Crippen MR) is 136 cm³/mol. The maximum Gasteiger partial charge on any atom is 0.266 e. The number of hydrogen-bond donors (Lipinski definition) is 0. The second-order valence-electron chi connectivity index (χ2n) is 8.40. The number of anilines is 1. The number of thiazole rings is 1. The smallest absolute Gasteiger partial charge is 0.266 e. The van der Waals surface area contributed by atoms with Gasteiger partial charge in [0.15, 0.2) is 11.7 Å². The maximum atomic E-state index is 13.3. The molecule has 1 saturated heterocycles. The predicted octanol–water partition coefficient (Wildman–Crippen LogP) is 4.45. The molecule has 4 rings (SSSR count). The lowest BCUT2D eigenvalue weighted by Gasteiger charge is -2.27. The van der Waals surface area contributed by atoms with Crippen LogP contribution in [0.15, 0.2) is 36.4 Å². The Morgan fingerprint density at radius 2 is 1.79 bits per heavy atom. The van der Waals surface area contributed by atoms with Gasteiger partial charge >= 0.3 is 0 Å². The van der Waals surface area contributed by atoms with E-state index >= 15 is 0 Å². The van der Waals surface area contributed by atoms with Gasteiger partial charge in [-0.05, 0) is 68.7 Å². The summed E-state index contributed by atoms with van der Waals surface area (Å²) in [4.78, 5) is 22.3. The van der Waals surface area contributed by atoms with Crippen LogP contribution in [-0.2, 0) is 9.53 Å². The monoisotopic (exact) mass is 483 g/mol. The van der Waals surface area contributed by atoms with Crippen molar-refractivity contribution in [2.45, 2.75) is 27.2 Å². The summed E-state index contributed by atoms with van der Waals surface area (Å²) in [7, 11) is 0. The van der Waals surface area contributed by atoms with E-state index in [0.717, 1.165) is 65.9 Å². The fourth-order valence-electron chi connectivity index (χ4n) is 3.96. The van der Waals surface area contributed by atoms with E-state index in [1.54, 1.807) is 16.2 Å². The fourth-order valence-corrected chi connectivity index (χ4v) is 5.02. The van der Waals surface area contributed by atoms with Crippen molar-refractivity contribution < 1.29 is 19.0 Å². The van der Waals surface area contributed by atoms with Crippen molar-refractivity contribution in [3.63, 3.8) is 0 Å². The Kier molecular flexibility index (Phi) is 8.37. The average Bonchev–Trinajstić information content (AvgIpc) is 3.29. The third-order valence-electron chi connectivity index (χ3n) is 6.06. The molecule has 0 saturated carbocycles. The van der Waals surface area contributed by atoms with E-state index in [4.69, 9.17) is 19.2 Å². The topological polar surface area (TPSA) is 64.1 Å². The molecule has 0 unspecified atom stereocenters. The molecule has 3 aromatic rings. The Morgan fingerprint density at radius 3 is 2.50 bits per heavy atom. The summed E-state index contributed by atoms with van der Waals surface area (Å²) in [6, 6.07) is 11.5. The highest BCUT2D eigenvalue weighted by molar-refractivity contribution is 7.22. The first kappa shape index (κ1) is 24.4. The Bertz CT molecular complexity index is 1090. The lowest BCUT2D eigenvalue weighted by molar-refractivity contribution is -0.120. The number of aryl methyl sites for hydroxylation is 2. The largest absolute Gasteiger partial charge is 0.494 e. The van der Waals surface area contributed by atoms with Gasteiger partial charge in [0.1, 0.15) is 11.5 Å². The number of hydrogen-bond acceptors (Lipinski definition) is 7. The lowest BCUT2D eigenvalue weighted by Crippen LogP contribution is -2.40. The molecule has 34 heavy (non-hydrogen) atoms. The normalized spacial score (nSPS) is 14.3. The molecule has 2 aromatic carbocycles. The second-order valence-corrected chi connectivity index (χ2v) is 9.41. The van der Waals surface area contributed by atoms with Crippen LogP contribution in [0.2, 0.25) is 0 Å². The van der Waals surface area contributed by atoms with Crippen LogP contribution < -0.4 is 14.4 Å². The van der Waals surface area contributed by atoms with Gasteiger partial charge in [0.25, 0.3) is 5.91 Å². The third kappa shape index (κ3) is 6.05. The van der Waals surface area contributed by atoms with E-state index in [9.17, 15) is 4.79 Å². The summed E-state index contributed by atoms with van der Waals surface area (Å²) in [5.41, 5.74) is 3.33. The van der Waals surface area contributed by atoms with E-state index in [1.807, 2.05) is 31.2 Å². The number of fused-ring (bicyclic) bond motifs is 1. The molecule has 8 heteroatoms. The van der Waals surface area contributed by atoms with Crippen molar-refractivity contribution in [2.75, 3.05) is 57.5 Å². The van der Waals surface area contributed by atoms with Gasteiger partial charge in [0, 0.05) is 26.2 Å². The molecule has 1 fully saturated rings. The molecule has 2 heterocycles. The Labute approximate surface area is 205 Å². The van der Waals surface area contributed by atoms with Crippen LogP contribution in [0, 0.1) is 13.8 Å². The SMILES string of the molecule is CCOc1ccc(OCC(=O)N(CCCN2CCOCC2)c2nc3c(C)c(C)ccc3s2)cc1. The number of carbonyl (C=O) groups excluding carboxylic acids is 1. The van der Waals surface area contributed by atoms with Crippen LogP contribution >= 0.6 is 11.3 Å². The standard InChI is InChI=1S/C26H33N3O4S/c1-4-32-21-7-9-22(10-8-21)33-18-24(30)29(13-5-12-28-14-16-31-17-15-28)26-27-25-20(3)19(2)6-11-23(25)34-26/h6-11H,4-5,12-18H2,1-3H3. The summed E-state index contributed by atoms with van der Waals surface area (Å²) in [5.74, 6) is 1.33. The minimum Gasteiger partial charge on any atom is -0.494 e. The maximum absolute atomic E-state index is 13.3. The van der Waals surface area contributed by atoms with Crippen molar-refractivity contribution in [1.29, 1.82) is 0 Å². The molecule has 1 aliphatic heterocycles. The molecule has 0 atom stereocenters. The van der Waals surface area contributed by atoms with Crippen molar-refractivity contribution in [1.82, 2.24) is 9.88 Å². The van der Waals surface area contributed by atoms with Crippen LogP contribution in [0.1, 0.15) is 24.5 Å². The van der Waals surface area contributed by atoms with Crippen molar-refractivity contribution in [2.24, 2.45) is 0 Å². The number of nitrogens with zero attached hydrogens (tertiary/aromatic N) is 3. The molecule has 0 radical (unpaired) electrons. The van der Waals surface area contributed by atoms with E-state index in [1.165, 1.54) is 5.56 Å². The highest BCUT2D eigenvalue weighted by Gasteiger charge is 2.22. The quantitative estimate of drug-likeness (QED) is 0.425. The van der Waals surface area contributed by atoms with Crippen molar-refractivity contribution >= 4 is 32.6 Å². The number of amides is 1. The first-order valence-corrected chi connectivity index (χ1v) is 12.7. The van der Waals surface area contributed by atoms with Crippen LogP contribution in [0.3, 0.4) is 0 Å². The molecule has 182 valence electrons. The summed E-state index contributed by atoms with van der Waals surface area (Å²) >= 11 is 1.56. The van der Waals surface area contributed by atoms with Gasteiger partial charge in [0.2, 0.25) is 0 Å². The average molecular weight is 484 g/mol. The number of ether oxygens (including phenoxy) is 3. The van der Waals surface area contributed by atoms with Gasteiger partial charge in [-0.1, -0.05) is 17.4 Å². The van der Waals surface area contributed by atoms with E-state index in [2.05, 4.69) is 30.9 Å². The molecule has 0 aliphatic carbocycles. The van der Waals surface area contributed by atoms with Gasteiger partial charge in [-0.2, -0.15) is 0 Å². The lowest BCUT2D eigenvalue weighted by atomic mass is 10.1. The third-order valence-corrected chi connectivity index (χ3v) is 7.11. The fraction of sp³-hybridized carbons (Fsp3) is 0.462. The first-order chi connectivity index (χ1) is 16.5. The van der Waals surface area contributed by atoms with Crippen molar-refractivity contribution in [3.8, 4) is 11.5 Å². The molecule has 0 bridgehead atoms. The van der Waals surface area contributed by atoms with Crippen LogP contribution in [-0.4, -0.2) is 68.4 Å². The molecular formula is C26H33N3O4S. The van der Waals surface area contributed by atoms with Gasteiger partial charge in [0.05, 0.1) is 30.0 Å². The zero-order valence-electron chi connectivity index (χ0n) is 20.2. The number of morpholine rings is 1.